The molecule has 102 valence electrons. The molecule has 0 fully saturated rings. The third-order valence-electron chi connectivity index (χ3n) is 2.22. The van der Waals surface area contributed by atoms with Gasteiger partial charge in [0.2, 0.25) is 11.8 Å². The van der Waals surface area contributed by atoms with Crippen molar-refractivity contribution in [2.45, 2.75) is 12.5 Å². The van der Waals surface area contributed by atoms with Gasteiger partial charge in [0.15, 0.2) is 0 Å². The average molecular weight is 269 g/mol. The van der Waals surface area contributed by atoms with E-state index in [-0.39, 0.29) is 12.1 Å². The SMILES string of the molecule is NC(=O)CC(N)C(=O)Nc1ccc(F)c(C(=O)O)c1. The lowest BCUT2D eigenvalue weighted by atomic mass is 10.1. The van der Waals surface area contributed by atoms with Crippen LogP contribution in [-0.2, 0) is 9.59 Å². The Hall–Kier alpha value is -2.48. The third kappa shape index (κ3) is 4.03. The summed E-state index contributed by atoms with van der Waals surface area (Å²) in [7, 11) is 0. The summed E-state index contributed by atoms with van der Waals surface area (Å²) in [5.74, 6) is -3.85. The number of carboxylic acid groups (broad SMARTS) is 1. The van der Waals surface area contributed by atoms with Crippen LogP contribution in [0.3, 0.4) is 0 Å². The summed E-state index contributed by atoms with van der Waals surface area (Å²) >= 11 is 0. The zero-order valence-electron chi connectivity index (χ0n) is 9.72. The maximum atomic E-state index is 13.1. The predicted octanol–water partition coefficient (Wildman–Crippen LogP) is -0.335. The predicted molar refractivity (Wildman–Crippen MR) is 63.8 cm³/mol. The molecule has 0 saturated heterocycles. The van der Waals surface area contributed by atoms with E-state index in [1.165, 1.54) is 6.07 Å². The topological polar surface area (TPSA) is 136 Å². The van der Waals surface area contributed by atoms with Crippen LogP contribution in [-0.4, -0.2) is 28.9 Å². The zero-order chi connectivity index (χ0) is 14.6. The normalized spacial score (nSPS) is 11.7. The van der Waals surface area contributed by atoms with Crippen molar-refractivity contribution in [3.05, 3.63) is 29.6 Å². The first kappa shape index (κ1) is 14.6. The van der Waals surface area contributed by atoms with E-state index in [1.807, 2.05) is 0 Å². The third-order valence-corrected chi connectivity index (χ3v) is 2.22. The number of nitrogens with two attached hydrogens (primary N) is 2. The number of rotatable bonds is 5. The molecule has 1 unspecified atom stereocenters. The fourth-order valence-corrected chi connectivity index (χ4v) is 1.31. The summed E-state index contributed by atoms with van der Waals surface area (Å²) in [4.78, 5) is 32.8. The van der Waals surface area contributed by atoms with E-state index >= 15 is 0 Å². The van der Waals surface area contributed by atoms with Crippen molar-refractivity contribution in [1.82, 2.24) is 0 Å². The summed E-state index contributed by atoms with van der Waals surface area (Å²) in [5.41, 5.74) is 9.75. The molecule has 2 amide bonds. The van der Waals surface area contributed by atoms with Gasteiger partial charge in [-0.15, -0.1) is 0 Å². The number of carbonyl (C=O) groups is 3. The van der Waals surface area contributed by atoms with E-state index < -0.39 is 35.2 Å². The monoisotopic (exact) mass is 269 g/mol. The molecule has 0 bridgehead atoms. The molecule has 0 radical (unpaired) electrons. The smallest absolute Gasteiger partial charge is 0.338 e. The van der Waals surface area contributed by atoms with Gasteiger partial charge in [-0.2, -0.15) is 0 Å². The Kier molecular flexibility index (Phi) is 4.54. The molecule has 1 aromatic rings. The van der Waals surface area contributed by atoms with Crippen LogP contribution in [0.4, 0.5) is 10.1 Å². The van der Waals surface area contributed by atoms with Crippen LogP contribution in [0.1, 0.15) is 16.8 Å². The standard InChI is InChI=1S/C11H12FN3O4/c12-7-2-1-5(3-6(7)11(18)19)15-10(17)8(13)4-9(14)16/h1-3,8H,4,13H2,(H2,14,16)(H,15,17)(H,18,19). The van der Waals surface area contributed by atoms with Crippen molar-refractivity contribution >= 4 is 23.5 Å². The number of carboxylic acids is 1. The second-order valence-corrected chi connectivity index (χ2v) is 3.77. The highest BCUT2D eigenvalue weighted by molar-refractivity contribution is 5.98. The van der Waals surface area contributed by atoms with E-state index in [1.54, 1.807) is 0 Å². The number of hydrogen-bond acceptors (Lipinski definition) is 4. The van der Waals surface area contributed by atoms with Gasteiger partial charge in [0, 0.05) is 5.69 Å². The molecule has 8 heteroatoms. The van der Waals surface area contributed by atoms with Crippen molar-refractivity contribution in [2.24, 2.45) is 11.5 Å². The molecule has 0 saturated carbocycles. The maximum Gasteiger partial charge on any atom is 0.338 e. The van der Waals surface area contributed by atoms with Gasteiger partial charge in [0.25, 0.3) is 0 Å². The second-order valence-electron chi connectivity index (χ2n) is 3.77. The molecule has 0 aliphatic carbocycles. The Balaban J connectivity index is 2.83. The number of primary amides is 1. The molecule has 1 rings (SSSR count). The number of carbonyl (C=O) groups excluding carboxylic acids is 2. The molecule has 0 spiro atoms. The molecule has 1 aromatic carbocycles. The van der Waals surface area contributed by atoms with Gasteiger partial charge in [0.1, 0.15) is 5.82 Å². The Morgan fingerprint density at radius 2 is 2.00 bits per heavy atom. The van der Waals surface area contributed by atoms with Gasteiger partial charge in [-0.05, 0) is 18.2 Å². The highest BCUT2D eigenvalue weighted by atomic mass is 19.1. The highest BCUT2D eigenvalue weighted by Crippen LogP contribution is 2.15. The minimum Gasteiger partial charge on any atom is -0.478 e. The van der Waals surface area contributed by atoms with Crippen LogP contribution >= 0.6 is 0 Å². The first-order valence-corrected chi connectivity index (χ1v) is 5.19. The minimum atomic E-state index is -1.46. The first-order chi connectivity index (χ1) is 8.81. The van der Waals surface area contributed by atoms with Gasteiger partial charge in [-0.3, -0.25) is 9.59 Å². The lowest BCUT2D eigenvalue weighted by Crippen LogP contribution is -2.39. The highest BCUT2D eigenvalue weighted by Gasteiger charge is 2.17. The minimum absolute atomic E-state index is 0.0590. The van der Waals surface area contributed by atoms with Crippen molar-refractivity contribution in [3.8, 4) is 0 Å². The van der Waals surface area contributed by atoms with Gasteiger partial charge < -0.3 is 21.9 Å². The summed E-state index contributed by atoms with van der Waals surface area (Å²) in [5, 5.41) is 11.0. The molecular formula is C11H12FN3O4. The second kappa shape index (κ2) is 5.91. The molecule has 19 heavy (non-hydrogen) atoms. The van der Waals surface area contributed by atoms with Crippen LogP contribution < -0.4 is 16.8 Å². The quantitative estimate of drug-likeness (QED) is 0.580. The molecule has 0 heterocycles. The number of benzene rings is 1. The van der Waals surface area contributed by atoms with Gasteiger partial charge >= 0.3 is 5.97 Å². The largest absolute Gasteiger partial charge is 0.478 e. The van der Waals surface area contributed by atoms with E-state index in [2.05, 4.69) is 5.32 Å². The molecule has 0 aliphatic rings. The van der Waals surface area contributed by atoms with Crippen molar-refractivity contribution in [2.75, 3.05) is 5.32 Å². The van der Waals surface area contributed by atoms with E-state index in [0.717, 1.165) is 12.1 Å². The van der Waals surface area contributed by atoms with E-state index in [4.69, 9.17) is 16.6 Å². The summed E-state index contributed by atoms with van der Waals surface area (Å²) in [6, 6.07) is 1.87. The van der Waals surface area contributed by atoms with Gasteiger partial charge in [-0.1, -0.05) is 0 Å². The molecule has 1 atom stereocenters. The number of anilines is 1. The molecular weight excluding hydrogens is 257 g/mol. The van der Waals surface area contributed by atoms with E-state index in [0.29, 0.717) is 0 Å². The number of hydrogen-bond donors (Lipinski definition) is 4. The molecule has 0 aliphatic heterocycles. The van der Waals surface area contributed by atoms with Crippen molar-refractivity contribution in [3.63, 3.8) is 0 Å². The van der Waals surface area contributed by atoms with Crippen LogP contribution in [0.5, 0.6) is 0 Å². The Morgan fingerprint density at radius 3 is 2.53 bits per heavy atom. The number of aromatic carboxylic acids is 1. The Labute approximate surface area is 107 Å². The fourth-order valence-electron chi connectivity index (χ4n) is 1.31. The van der Waals surface area contributed by atoms with Crippen LogP contribution in [0.25, 0.3) is 0 Å². The Morgan fingerprint density at radius 1 is 1.37 bits per heavy atom. The summed E-state index contributed by atoms with van der Waals surface area (Å²) in [6.07, 6.45) is -0.348. The van der Waals surface area contributed by atoms with Gasteiger partial charge in [0.05, 0.1) is 18.0 Å². The van der Waals surface area contributed by atoms with E-state index in [9.17, 15) is 18.8 Å². The summed E-state index contributed by atoms with van der Waals surface area (Å²) < 4.78 is 13.1. The number of halogens is 1. The lowest BCUT2D eigenvalue weighted by molar-refractivity contribution is -0.123. The average Bonchev–Trinajstić information content (AvgIpc) is 2.30. The van der Waals surface area contributed by atoms with Crippen LogP contribution in [0.15, 0.2) is 18.2 Å². The lowest BCUT2D eigenvalue weighted by Gasteiger charge is -2.11. The number of nitrogens with one attached hydrogen (secondary N) is 1. The number of amides is 2. The van der Waals surface area contributed by atoms with Crippen LogP contribution in [0, 0.1) is 5.82 Å². The molecule has 7 nitrogen and oxygen atoms in total. The van der Waals surface area contributed by atoms with Gasteiger partial charge in [-0.25, -0.2) is 9.18 Å². The maximum absolute atomic E-state index is 13.1. The summed E-state index contributed by atoms with van der Waals surface area (Å²) in [6.45, 7) is 0. The van der Waals surface area contributed by atoms with Crippen LogP contribution in [0.2, 0.25) is 0 Å². The molecule has 0 aromatic heterocycles. The van der Waals surface area contributed by atoms with Crippen molar-refractivity contribution in [1.29, 1.82) is 0 Å². The fraction of sp³-hybridized carbons (Fsp3) is 0.182. The first-order valence-electron chi connectivity index (χ1n) is 5.19. The molecule has 6 N–H and O–H groups in total. The van der Waals surface area contributed by atoms with Crippen molar-refractivity contribution < 1.29 is 23.9 Å². The Bertz CT molecular complexity index is 533. The zero-order valence-corrected chi connectivity index (χ0v) is 9.72.